The molecule has 6 heteroatoms. The van der Waals surface area contributed by atoms with Gasteiger partial charge in [0, 0.05) is 12.1 Å². The molecule has 1 aliphatic carbocycles. The molecule has 0 unspecified atom stereocenters. The standard InChI is InChI=1S/C13H14FNO4/c14-12-7-6-9(15(17)18)8-11(12)13(16)19-10-4-2-1-3-5-10/h6-8,10H,1-5H2. The third-order valence-corrected chi connectivity index (χ3v) is 3.21. The van der Waals surface area contributed by atoms with Gasteiger partial charge in [0.25, 0.3) is 5.69 Å². The lowest BCUT2D eigenvalue weighted by Crippen LogP contribution is -2.21. The minimum absolute atomic E-state index is 0.208. The summed E-state index contributed by atoms with van der Waals surface area (Å²) in [7, 11) is 0. The van der Waals surface area contributed by atoms with Gasteiger partial charge in [-0.15, -0.1) is 0 Å². The van der Waals surface area contributed by atoms with Crippen molar-refractivity contribution in [3.63, 3.8) is 0 Å². The summed E-state index contributed by atoms with van der Waals surface area (Å²) >= 11 is 0. The molecule has 1 aromatic carbocycles. The Bertz CT molecular complexity index is 497. The summed E-state index contributed by atoms with van der Waals surface area (Å²) in [5.74, 6) is -1.63. The second-order valence-electron chi connectivity index (χ2n) is 4.59. The normalized spacial score (nSPS) is 16.1. The van der Waals surface area contributed by atoms with Gasteiger partial charge in [-0.1, -0.05) is 6.42 Å². The van der Waals surface area contributed by atoms with Crippen LogP contribution >= 0.6 is 0 Å². The zero-order valence-corrected chi connectivity index (χ0v) is 10.3. The van der Waals surface area contributed by atoms with Crippen LogP contribution in [-0.2, 0) is 4.74 Å². The summed E-state index contributed by atoms with van der Waals surface area (Å²) in [5.41, 5.74) is -0.697. The summed E-state index contributed by atoms with van der Waals surface area (Å²) in [4.78, 5) is 21.8. The molecular formula is C13H14FNO4. The van der Waals surface area contributed by atoms with E-state index in [9.17, 15) is 19.3 Å². The fraction of sp³-hybridized carbons (Fsp3) is 0.462. The van der Waals surface area contributed by atoms with E-state index in [0.29, 0.717) is 0 Å². The lowest BCUT2D eigenvalue weighted by Gasteiger charge is -2.21. The Morgan fingerprint density at radius 1 is 1.32 bits per heavy atom. The average Bonchev–Trinajstić information content (AvgIpc) is 2.40. The van der Waals surface area contributed by atoms with Gasteiger partial charge in [-0.25, -0.2) is 9.18 Å². The van der Waals surface area contributed by atoms with E-state index in [0.717, 1.165) is 50.3 Å². The Hall–Kier alpha value is -1.98. The Morgan fingerprint density at radius 2 is 2.00 bits per heavy atom. The predicted molar refractivity (Wildman–Crippen MR) is 65.3 cm³/mol. The van der Waals surface area contributed by atoms with Crippen LogP contribution in [0.15, 0.2) is 18.2 Å². The van der Waals surface area contributed by atoms with Crippen molar-refractivity contribution in [2.75, 3.05) is 0 Å². The molecule has 0 spiro atoms. The maximum Gasteiger partial charge on any atom is 0.341 e. The number of non-ortho nitro benzene ring substituents is 1. The highest BCUT2D eigenvalue weighted by atomic mass is 19.1. The highest BCUT2D eigenvalue weighted by molar-refractivity contribution is 5.90. The van der Waals surface area contributed by atoms with Crippen LogP contribution in [0.1, 0.15) is 42.5 Å². The van der Waals surface area contributed by atoms with Crippen molar-refractivity contribution >= 4 is 11.7 Å². The van der Waals surface area contributed by atoms with Crippen molar-refractivity contribution < 1.29 is 18.8 Å². The number of nitro groups is 1. The summed E-state index contributed by atoms with van der Waals surface area (Å²) < 4.78 is 18.7. The lowest BCUT2D eigenvalue weighted by molar-refractivity contribution is -0.384. The minimum atomic E-state index is -0.826. The summed E-state index contributed by atoms with van der Waals surface area (Å²) in [6, 6.07) is 2.85. The number of benzene rings is 1. The molecule has 102 valence electrons. The SMILES string of the molecule is O=C(OC1CCCCC1)c1cc([N+](=O)[O-])ccc1F. The van der Waals surface area contributed by atoms with E-state index in [1.165, 1.54) is 0 Å². The van der Waals surface area contributed by atoms with Gasteiger partial charge >= 0.3 is 5.97 Å². The smallest absolute Gasteiger partial charge is 0.341 e. The zero-order chi connectivity index (χ0) is 13.8. The third-order valence-electron chi connectivity index (χ3n) is 3.21. The molecule has 0 radical (unpaired) electrons. The van der Waals surface area contributed by atoms with Crippen LogP contribution in [0.4, 0.5) is 10.1 Å². The molecule has 1 aliphatic rings. The zero-order valence-electron chi connectivity index (χ0n) is 10.3. The second kappa shape index (κ2) is 5.77. The quantitative estimate of drug-likeness (QED) is 0.479. The first-order valence-corrected chi connectivity index (χ1v) is 6.23. The van der Waals surface area contributed by atoms with Gasteiger partial charge in [0.2, 0.25) is 0 Å². The van der Waals surface area contributed by atoms with Crippen molar-refractivity contribution in [1.29, 1.82) is 0 Å². The molecule has 0 heterocycles. The van der Waals surface area contributed by atoms with E-state index in [1.807, 2.05) is 0 Å². The van der Waals surface area contributed by atoms with Gasteiger partial charge in [-0.05, 0) is 31.7 Å². The van der Waals surface area contributed by atoms with Crippen LogP contribution in [0.5, 0.6) is 0 Å². The van der Waals surface area contributed by atoms with Crippen LogP contribution in [0.2, 0.25) is 0 Å². The van der Waals surface area contributed by atoms with E-state index >= 15 is 0 Å². The van der Waals surface area contributed by atoms with Crippen LogP contribution in [0.3, 0.4) is 0 Å². The number of nitrogens with zero attached hydrogens (tertiary/aromatic N) is 1. The molecule has 0 aliphatic heterocycles. The number of esters is 1. The first-order valence-electron chi connectivity index (χ1n) is 6.23. The van der Waals surface area contributed by atoms with E-state index in [4.69, 9.17) is 4.74 Å². The first-order chi connectivity index (χ1) is 9.08. The van der Waals surface area contributed by atoms with Crippen molar-refractivity contribution in [1.82, 2.24) is 0 Å². The van der Waals surface area contributed by atoms with E-state index < -0.39 is 16.7 Å². The molecule has 1 saturated carbocycles. The summed E-state index contributed by atoms with van der Waals surface area (Å²) in [6.07, 6.45) is 4.40. The number of hydrogen-bond donors (Lipinski definition) is 0. The molecule has 1 fully saturated rings. The molecule has 0 amide bonds. The van der Waals surface area contributed by atoms with Gasteiger partial charge in [0.15, 0.2) is 0 Å². The van der Waals surface area contributed by atoms with Crippen LogP contribution in [-0.4, -0.2) is 17.0 Å². The number of hydrogen-bond acceptors (Lipinski definition) is 4. The number of rotatable bonds is 3. The van der Waals surface area contributed by atoms with E-state index in [1.54, 1.807) is 0 Å². The number of carbonyl (C=O) groups is 1. The Morgan fingerprint density at radius 3 is 2.63 bits per heavy atom. The highest BCUT2D eigenvalue weighted by Crippen LogP contribution is 2.23. The molecule has 1 aromatic rings. The van der Waals surface area contributed by atoms with Crippen molar-refractivity contribution in [3.05, 3.63) is 39.7 Å². The molecule has 5 nitrogen and oxygen atoms in total. The Balaban J connectivity index is 2.13. The van der Waals surface area contributed by atoms with Gasteiger partial charge in [-0.3, -0.25) is 10.1 Å². The second-order valence-corrected chi connectivity index (χ2v) is 4.59. The Kier molecular flexibility index (Phi) is 4.09. The monoisotopic (exact) mass is 267 g/mol. The van der Waals surface area contributed by atoms with Crippen LogP contribution < -0.4 is 0 Å². The maximum absolute atomic E-state index is 13.5. The molecule has 19 heavy (non-hydrogen) atoms. The lowest BCUT2D eigenvalue weighted by atomic mass is 9.98. The minimum Gasteiger partial charge on any atom is -0.459 e. The topological polar surface area (TPSA) is 69.4 Å². The maximum atomic E-state index is 13.5. The highest BCUT2D eigenvalue weighted by Gasteiger charge is 2.22. The average molecular weight is 267 g/mol. The van der Waals surface area contributed by atoms with E-state index in [2.05, 4.69) is 0 Å². The van der Waals surface area contributed by atoms with Crippen LogP contribution in [0.25, 0.3) is 0 Å². The van der Waals surface area contributed by atoms with Crippen molar-refractivity contribution in [2.24, 2.45) is 0 Å². The third kappa shape index (κ3) is 3.27. The van der Waals surface area contributed by atoms with Gasteiger partial charge in [0.05, 0.1) is 4.92 Å². The number of carbonyl (C=O) groups excluding carboxylic acids is 1. The van der Waals surface area contributed by atoms with Gasteiger partial charge in [0.1, 0.15) is 17.5 Å². The van der Waals surface area contributed by atoms with Crippen molar-refractivity contribution in [3.8, 4) is 0 Å². The van der Waals surface area contributed by atoms with Crippen molar-refractivity contribution in [2.45, 2.75) is 38.2 Å². The summed E-state index contributed by atoms with van der Waals surface area (Å²) in [6.45, 7) is 0. The molecular weight excluding hydrogens is 253 g/mol. The first kappa shape index (κ1) is 13.5. The van der Waals surface area contributed by atoms with Gasteiger partial charge < -0.3 is 4.74 Å². The summed E-state index contributed by atoms with van der Waals surface area (Å²) in [5, 5.41) is 10.6. The number of nitro benzene ring substituents is 1. The Labute approximate surface area is 109 Å². The van der Waals surface area contributed by atoms with Crippen LogP contribution in [0, 0.1) is 15.9 Å². The molecule has 2 rings (SSSR count). The molecule has 0 aromatic heterocycles. The molecule has 0 N–H and O–H groups in total. The molecule has 0 atom stereocenters. The number of ether oxygens (including phenoxy) is 1. The van der Waals surface area contributed by atoms with Gasteiger partial charge in [-0.2, -0.15) is 0 Å². The molecule has 0 saturated heterocycles. The fourth-order valence-corrected chi connectivity index (χ4v) is 2.18. The van der Waals surface area contributed by atoms with E-state index in [-0.39, 0.29) is 17.4 Å². The fourth-order valence-electron chi connectivity index (χ4n) is 2.18. The molecule has 0 bridgehead atoms. The largest absolute Gasteiger partial charge is 0.459 e. The predicted octanol–water partition coefficient (Wildman–Crippen LogP) is 3.22. The number of halogens is 1.